The number of halogens is 1. The van der Waals surface area contributed by atoms with Gasteiger partial charge in [-0.3, -0.25) is 0 Å². The minimum Gasteiger partial charge on any atom is -0.393 e. The summed E-state index contributed by atoms with van der Waals surface area (Å²) < 4.78 is 15.4. The summed E-state index contributed by atoms with van der Waals surface area (Å²) in [6, 6.07) is 0. The van der Waals surface area contributed by atoms with Gasteiger partial charge in [0.25, 0.3) is 0 Å². The van der Waals surface area contributed by atoms with Crippen molar-refractivity contribution >= 4 is 5.70 Å². The van der Waals surface area contributed by atoms with Crippen LogP contribution in [0.3, 0.4) is 0 Å². The van der Waals surface area contributed by atoms with Crippen molar-refractivity contribution in [2.45, 2.75) is 64.9 Å². The van der Waals surface area contributed by atoms with Gasteiger partial charge in [-0.2, -0.15) is 4.39 Å². The van der Waals surface area contributed by atoms with E-state index in [1.807, 2.05) is 4.57 Å². The Balaban J connectivity index is 1.47. The highest BCUT2D eigenvalue weighted by atomic mass is 19.1. The minimum atomic E-state index is -0.398. The predicted molar refractivity (Wildman–Crippen MR) is 99.6 cm³/mol. The van der Waals surface area contributed by atoms with Gasteiger partial charge in [0.2, 0.25) is 5.95 Å². The Morgan fingerprint density at radius 2 is 1.92 bits per heavy atom. The molecular formula is C22H29FN2O. The summed E-state index contributed by atoms with van der Waals surface area (Å²) in [4.78, 5) is 3.81. The van der Waals surface area contributed by atoms with E-state index in [1.165, 1.54) is 23.9 Å². The third-order valence-electron chi connectivity index (χ3n) is 8.45. The van der Waals surface area contributed by atoms with Gasteiger partial charge in [0.1, 0.15) is 6.33 Å². The molecule has 2 saturated carbocycles. The van der Waals surface area contributed by atoms with Gasteiger partial charge in [0.15, 0.2) is 0 Å². The molecule has 6 atom stereocenters. The fourth-order valence-electron chi connectivity index (χ4n) is 7.02. The first kappa shape index (κ1) is 16.7. The third kappa shape index (κ3) is 2.17. The molecule has 0 bridgehead atoms. The molecule has 3 nitrogen and oxygen atoms in total. The Hall–Kier alpha value is -1.42. The van der Waals surface area contributed by atoms with Crippen LogP contribution in [-0.2, 0) is 0 Å². The fraction of sp³-hybridized carbons (Fsp3) is 0.682. The molecule has 26 heavy (non-hydrogen) atoms. The monoisotopic (exact) mass is 356 g/mol. The van der Waals surface area contributed by atoms with Crippen LogP contribution in [0.4, 0.5) is 4.39 Å². The highest BCUT2D eigenvalue weighted by Crippen LogP contribution is 2.65. The molecule has 0 saturated heterocycles. The van der Waals surface area contributed by atoms with E-state index in [9.17, 15) is 9.50 Å². The lowest BCUT2D eigenvalue weighted by atomic mass is 9.48. The van der Waals surface area contributed by atoms with Crippen LogP contribution in [0.25, 0.3) is 5.70 Å². The fourth-order valence-corrected chi connectivity index (χ4v) is 7.02. The Morgan fingerprint density at radius 1 is 1.12 bits per heavy atom. The Bertz CT molecular complexity index is 796. The number of aromatic nitrogens is 2. The van der Waals surface area contributed by atoms with Crippen molar-refractivity contribution in [1.29, 1.82) is 0 Å². The number of fused-ring (bicyclic) bond motifs is 5. The molecule has 2 fully saturated rings. The maximum atomic E-state index is 13.5. The second-order valence-electron chi connectivity index (χ2n) is 9.54. The van der Waals surface area contributed by atoms with Crippen molar-refractivity contribution < 1.29 is 9.50 Å². The van der Waals surface area contributed by atoms with Crippen LogP contribution in [0.15, 0.2) is 30.2 Å². The van der Waals surface area contributed by atoms with Crippen LogP contribution in [0.1, 0.15) is 58.8 Å². The second-order valence-corrected chi connectivity index (χ2v) is 9.54. The lowest BCUT2D eigenvalue weighted by molar-refractivity contribution is -0.0249. The Kier molecular flexibility index (Phi) is 3.57. The van der Waals surface area contributed by atoms with Crippen LogP contribution < -0.4 is 0 Å². The summed E-state index contributed by atoms with van der Waals surface area (Å²) in [5.41, 5.74) is 3.15. The zero-order chi connectivity index (χ0) is 18.1. The van der Waals surface area contributed by atoms with Crippen molar-refractivity contribution in [2.75, 3.05) is 0 Å². The van der Waals surface area contributed by atoms with Crippen molar-refractivity contribution in [1.82, 2.24) is 9.55 Å². The molecule has 140 valence electrons. The molecule has 0 amide bonds. The summed E-state index contributed by atoms with van der Waals surface area (Å²) in [7, 11) is 0. The molecule has 4 aliphatic rings. The average Bonchev–Trinajstić information content (AvgIpc) is 3.18. The molecule has 5 rings (SSSR count). The smallest absolute Gasteiger partial charge is 0.231 e. The predicted octanol–water partition coefficient (Wildman–Crippen LogP) is 4.80. The minimum absolute atomic E-state index is 0.115. The van der Waals surface area contributed by atoms with E-state index in [2.05, 4.69) is 31.0 Å². The summed E-state index contributed by atoms with van der Waals surface area (Å²) in [5.74, 6) is 1.65. The SMILES string of the molecule is C[C@]12CC[C@H](O)CC1=CCC1C2CC[C@]2(C)C(n3cnc(F)c3)=CCC12. The lowest BCUT2D eigenvalue weighted by Crippen LogP contribution is -2.50. The van der Waals surface area contributed by atoms with E-state index < -0.39 is 5.95 Å². The molecular weight excluding hydrogens is 327 g/mol. The third-order valence-corrected chi connectivity index (χ3v) is 8.45. The Labute approximate surface area is 155 Å². The summed E-state index contributed by atoms with van der Waals surface area (Å²) >= 11 is 0. The summed E-state index contributed by atoms with van der Waals surface area (Å²) in [5, 5.41) is 10.1. The number of nitrogens with zero attached hydrogens (tertiary/aromatic N) is 2. The first-order valence-corrected chi connectivity index (χ1v) is 10.2. The number of hydrogen-bond acceptors (Lipinski definition) is 2. The lowest BCUT2D eigenvalue weighted by Gasteiger charge is -2.57. The van der Waals surface area contributed by atoms with Crippen molar-refractivity contribution in [3.63, 3.8) is 0 Å². The maximum Gasteiger partial charge on any atom is 0.231 e. The first-order chi connectivity index (χ1) is 12.4. The molecule has 0 radical (unpaired) electrons. The van der Waals surface area contributed by atoms with E-state index in [0.29, 0.717) is 11.8 Å². The number of hydrogen-bond donors (Lipinski definition) is 1. The highest BCUT2D eigenvalue weighted by Gasteiger charge is 2.57. The van der Waals surface area contributed by atoms with Crippen molar-refractivity contribution in [3.8, 4) is 0 Å². The number of aliphatic hydroxyl groups is 1. The van der Waals surface area contributed by atoms with E-state index in [4.69, 9.17) is 0 Å². The molecule has 4 heteroatoms. The average molecular weight is 356 g/mol. The number of imidazole rings is 1. The van der Waals surface area contributed by atoms with Gasteiger partial charge in [0, 0.05) is 11.1 Å². The molecule has 3 unspecified atom stereocenters. The summed E-state index contributed by atoms with van der Waals surface area (Å²) in [6.07, 6.45) is 15.4. The number of aliphatic hydroxyl groups excluding tert-OH is 1. The van der Waals surface area contributed by atoms with Crippen LogP contribution in [-0.4, -0.2) is 20.8 Å². The standard InChI is InChI=1S/C22H29FN2O/c1-21-9-7-15(26)11-14(21)3-4-16-17-5-6-19(25-12-20(23)24-13-25)22(17,2)10-8-18(16)21/h3,6,12-13,15-18,26H,4-5,7-11H2,1-2H3/t15-,16?,17?,18?,21-,22-/m0/s1. The number of rotatable bonds is 1. The quantitative estimate of drug-likeness (QED) is 0.734. The molecule has 4 aliphatic carbocycles. The van der Waals surface area contributed by atoms with Gasteiger partial charge in [-0.05, 0) is 68.1 Å². The van der Waals surface area contributed by atoms with Crippen LogP contribution >= 0.6 is 0 Å². The van der Waals surface area contributed by atoms with Crippen molar-refractivity contribution in [3.05, 3.63) is 36.2 Å². The van der Waals surface area contributed by atoms with Gasteiger partial charge in [-0.15, -0.1) is 0 Å². The van der Waals surface area contributed by atoms with E-state index in [1.54, 1.807) is 6.33 Å². The normalized spacial score (nSPS) is 44.6. The molecule has 1 aromatic heterocycles. The molecule has 0 spiro atoms. The maximum absolute atomic E-state index is 13.5. The van der Waals surface area contributed by atoms with Crippen molar-refractivity contribution in [2.24, 2.45) is 28.6 Å². The first-order valence-electron chi connectivity index (χ1n) is 10.2. The summed E-state index contributed by atoms with van der Waals surface area (Å²) in [6.45, 7) is 4.84. The van der Waals surface area contributed by atoms with Gasteiger partial charge < -0.3 is 9.67 Å². The van der Waals surface area contributed by atoms with Crippen LogP contribution in [0.5, 0.6) is 0 Å². The molecule has 1 aromatic rings. The van der Waals surface area contributed by atoms with Crippen LogP contribution in [0, 0.1) is 34.5 Å². The van der Waals surface area contributed by atoms with E-state index in [0.717, 1.165) is 44.4 Å². The molecule has 0 aliphatic heterocycles. The second kappa shape index (κ2) is 5.54. The molecule has 1 N–H and O–H groups in total. The van der Waals surface area contributed by atoms with E-state index in [-0.39, 0.29) is 16.9 Å². The Morgan fingerprint density at radius 3 is 2.69 bits per heavy atom. The van der Waals surface area contributed by atoms with Gasteiger partial charge in [-0.25, -0.2) is 4.98 Å². The van der Waals surface area contributed by atoms with Crippen LogP contribution in [0.2, 0.25) is 0 Å². The van der Waals surface area contributed by atoms with Gasteiger partial charge in [0.05, 0.1) is 12.3 Å². The highest BCUT2D eigenvalue weighted by molar-refractivity contribution is 5.57. The largest absolute Gasteiger partial charge is 0.393 e. The molecule has 0 aromatic carbocycles. The zero-order valence-electron chi connectivity index (χ0n) is 15.8. The topological polar surface area (TPSA) is 38.0 Å². The van der Waals surface area contributed by atoms with E-state index >= 15 is 0 Å². The number of allylic oxidation sites excluding steroid dienone is 3. The zero-order valence-corrected chi connectivity index (χ0v) is 15.8. The molecule has 1 heterocycles. The van der Waals surface area contributed by atoms with Gasteiger partial charge in [-0.1, -0.05) is 31.6 Å². The van der Waals surface area contributed by atoms with Gasteiger partial charge >= 0.3 is 0 Å².